The number of hydrogen-bond donors (Lipinski definition) is 1. The Balaban J connectivity index is 2.35. The molecule has 0 unspecified atom stereocenters. The van der Waals surface area contributed by atoms with Crippen LogP contribution in [0.25, 0.3) is 6.08 Å². The van der Waals surface area contributed by atoms with Crippen molar-refractivity contribution in [2.24, 2.45) is 0 Å². The second-order valence-electron chi connectivity index (χ2n) is 5.41. The van der Waals surface area contributed by atoms with E-state index < -0.39 is 0 Å². The molecule has 0 bridgehead atoms. The van der Waals surface area contributed by atoms with Crippen LogP contribution in [-0.4, -0.2) is 37.0 Å². The smallest absolute Gasteiger partial charge is 0.330 e. The summed E-state index contributed by atoms with van der Waals surface area (Å²) >= 11 is 0. The normalized spacial score (nSPS) is 14.7. The van der Waals surface area contributed by atoms with E-state index in [4.69, 9.17) is 4.74 Å². The molecule has 1 amide bonds. The van der Waals surface area contributed by atoms with Crippen molar-refractivity contribution in [2.45, 2.75) is 26.8 Å². The molecule has 1 N–H and O–H groups in total. The van der Waals surface area contributed by atoms with Gasteiger partial charge < -0.3 is 15.0 Å². The Labute approximate surface area is 130 Å². The number of amides is 1. The first kappa shape index (κ1) is 16.2. The number of carbonyl (C=O) groups is 2. The van der Waals surface area contributed by atoms with E-state index in [1.54, 1.807) is 13.0 Å². The first-order valence-corrected chi connectivity index (χ1v) is 7.47. The maximum atomic E-state index is 11.5. The highest BCUT2D eigenvalue weighted by Gasteiger charge is 2.19. The molecule has 2 rings (SSSR count). The maximum absolute atomic E-state index is 11.5. The summed E-state index contributed by atoms with van der Waals surface area (Å²) in [7, 11) is 2.06. The Hall–Kier alpha value is -2.14. The van der Waals surface area contributed by atoms with Crippen LogP contribution in [0.5, 0.6) is 0 Å². The zero-order valence-corrected chi connectivity index (χ0v) is 13.3. The molecule has 1 aliphatic rings. The molecule has 1 aromatic rings. The van der Waals surface area contributed by atoms with Crippen LogP contribution in [0.4, 0.5) is 5.69 Å². The fourth-order valence-corrected chi connectivity index (χ4v) is 2.65. The van der Waals surface area contributed by atoms with Crippen molar-refractivity contribution < 1.29 is 14.3 Å². The molecule has 5 heteroatoms. The minimum absolute atomic E-state index is 0.0732. The number of nitrogens with one attached hydrogen (secondary N) is 1. The van der Waals surface area contributed by atoms with E-state index >= 15 is 0 Å². The van der Waals surface area contributed by atoms with Gasteiger partial charge in [0, 0.05) is 31.8 Å². The Morgan fingerprint density at radius 1 is 1.36 bits per heavy atom. The SMILES string of the molecule is CCOC(=O)/C=C/c1ccc(NC(C)=O)c2c1CN(C)CC2. The molecule has 1 heterocycles. The number of esters is 1. The number of ether oxygens (including phenoxy) is 1. The third kappa shape index (κ3) is 3.95. The number of anilines is 1. The van der Waals surface area contributed by atoms with Crippen LogP contribution >= 0.6 is 0 Å². The highest BCUT2D eigenvalue weighted by atomic mass is 16.5. The van der Waals surface area contributed by atoms with Crippen LogP contribution < -0.4 is 5.32 Å². The average Bonchev–Trinajstić information content (AvgIpc) is 2.46. The molecular formula is C17H22N2O3. The molecule has 1 aromatic carbocycles. The van der Waals surface area contributed by atoms with Gasteiger partial charge in [0.1, 0.15) is 0 Å². The second-order valence-corrected chi connectivity index (χ2v) is 5.41. The van der Waals surface area contributed by atoms with Gasteiger partial charge in [-0.05, 0) is 49.2 Å². The van der Waals surface area contributed by atoms with E-state index in [9.17, 15) is 9.59 Å². The van der Waals surface area contributed by atoms with Crippen LogP contribution in [0.15, 0.2) is 18.2 Å². The zero-order chi connectivity index (χ0) is 16.1. The predicted octanol–water partition coefficient (Wildman–Crippen LogP) is 2.21. The lowest BCUT2D eigenvalue weighted by Crippen LogP contribution is -2.28. The molecule has 0 saturated carbocycles. The molecule has 0 fully saturated rings. The molecular weight excluding hydrogens is 280 g/mol. The Bertz CT molecular complexity index is 608. The van der Waals surface area contributed by atoms with Gasteiger partial charge in [-0.3, -0.25) is 4.79 Å². The topological polar surface area (TPSA) is 58.6 Å². The quantitative estimate of drug-likeness (QED) is 0.684. The van der Waals surface area contributed by atoms with E-state index in [1.165, 1.54) is 13.0 Å². The second kappa shape index (κ2) is 7.22. The molecule has 0 aliphatic carbocycles. The van der Waals surface area contributed by atoms with Crippen molar-refractivity contribution in [1.82, 2.24) is 4.90 Å². The number of benzene rings is 1. The summed E-state index contributed by atoms with van der Waals surface area (Å²) in [6.45, 7) is 5.40. The molecule has 5 nitrogen and oxygen atoms in total. The Morgan fingerprint density at radius 3 is 2.82 bits per heavy atom. The maximum Gasteiger partial charge on any atom is 0.330 e. The summed E-state index contributed by atoms with van der Waals surface area (Å²) in [5.41, 5.74) is 4.16. The van der Waals surface area contributed by atoms with E-state index in [-0.39, 0.29) is 11.9 Å². The van der Waals surface area contributed by atoms with Crippen LogP contribution in [-0.2, 0) is 27.3 Å². The van der Waals surface area contributed by atoms with E-state index in [2.05, 4.69) is 17.3 Å². The number of nitrogens with zero attached hydrogens (tertiary/aromatic N) is 1. The van der Waals surface area contributed by atoms with E-state index in [0.717, 1.165) is 41.9 Å². The largest absolute Gasteiger partial charge is 0.463 e. The highest BCUT2D eigenvalue weighted by Crippen LogP contribution is 2.29. The highest BCUT2D eigenvalue weighted by molar-refractivity contribution is 5.91. The van der Waals surface area contributed by atoms with Crippen LogP contribution in [0.2, 0.25) is 0 Å². The fourth-order valence-electron chi connectivity index (χ4n) is 2.65. The fraction of sp³-hybridized carbons (Fsp3) is 0.412. The molecule has 0 radical (unpaired) electrons. The molecule has 22 heavy (non-hydrogen) atoms. The molecule has 0 aromatic heterocycles. The van der Waals surface area contributed by atoms with Crippen LogP contribution in [0.1, 0.15) is 30.5 Å². The van der Waals surface area contributed by atoms with Gasteiger partial charge in [0.2, 0.25) is 5.91 Å². The van der Waals surface area contributed by atoms with Gasteiger partial charge in [0.25, 0.3) is 0 Å². The lowest BCUT2D eigenvalue weighted by Gasteiger charge is -2.28. The average molecular weight is 302 g/mol. The van der Waals surface area contributed by atoms with Crippen LogP contribution in [0, 0.1) is 0 Å². The first-order chi connectivity index (χ1) is 10.5. The summed E-state index contributed by atoms with van der Waals surface area (Å²) < 4.78 is 4.91. The van der Waals surface area contributed by atoms with Crippen molar-refractivity contribution in [3.8, 4) is 0 Å². The summed E-state index contributed by atoms with van der Waals surface area (Å²) in [4.78, 5) is 25.0. The Morgan fingerprint density at radius 2 is 2.14 bits per heavy atom. The van der Waals surface area contributed by atoms with E-state index in [1.807, 2.05) is 12.1 Å². The standard InChI is InChI=1S/C17H22N2O3/c1-4-22-17(21)8-6-13-5-7-16(18-12(2)20)14-9-10-19(3)11-15(13)14/h5-8H,4,9-11H2,1-3H3,(H,18,20)/b8-6+. The number of carbonyl (C=O) groups excluding carboxylic acids is 2. The minimum Gasteiger partial charge on any atom is -0.463 e. The van der Waals surface area contributed by atoms with Gasteiger partial charge in [-0.15, -0.1) is 0 Å². The van der Waals surface area contributed by atoms with Gasteiger partial charge in [-0.25, -0.2) is 4.79 Å². The monoisotopic (exact) mass is 302 g/mol. The van der Waals surface area contributed by atoms with Crippen molar-refractivity contribution in [3.05, 3.63) is 34.9 Å². The van der Waals surface area contributed by atoms with Crippen LogP contribution in [0.3, 0.4) is 0 Å². The predicted molar refractivity (Wildman–Crippen MR) is 86.5 cm³/mol. The van der Waals surface area contributed by atoms with Gasteiger partial charge in [0.15, 0.2) is 0 Å². The molecule has 0 spiro atoms. The third-order valence-corrected chi connectivity index (χ3v) is 3.64. The first-order valence-electron chi connectivity index (χ1n) is 7.47. The van der Waals surface area contributed by atoms with Gasteiger partial charge >= 0.3 is 5.97 Å². The molecule has 118 valence electrons. The van der Waals surface area contributed by atoms with Crippen molar-refractivity contribution in [3.63, 3.8) is 0 Å². The third-order valence-electron chi connectivity index (χ3n) is 3.64. The molecule has 1 aliphatic heterocycles. The van der Waals surface area contributed by atoms with Gasteiger partial charge in [-0.1, -0.05) is 6.07 Å². The number of hydrogen-bond acceptors (Lipinski definition) is 4. The minimum atomic E-state index is -0.341. The summed E-state index contributed by atoms with van der Waals surface area (Å²) in [6, 6.07) is 3.83. The van der Waals surface area contributed by atoms with E-state index in [0.29, 0.717) is 6.61 Å². The number of likely N-dealkylation sites (N-methyl/N-ethyl adjacent to an activating group) is 1. The van der Waals surface area contributed by atoms with Crippen molar-refractivity contribution >= 4 is 23.6 Å². The summed E-state index contributed by atoms with van der Waals surface area (Å²) in [5.74, 6) is -0.415. The van der Waals surface area contributed by atoms with Crippen molar-refractivity contribution in [2.75, 3.05) is 25.5 Å². The molecule has 0 atom stereocenters. The summed E-state index contributed by atoms with van der Waals surface area (Å²) in [6.07, 6.45) is 4.11. The lowest BCUT2D eigenvalue weighted by atomic mass is 9.93. The molecule has 0 saturated heterocycles. The summed E-state index contributed by atoms with van der Waals surface area (Å²) in [5, 5.41) is 2.89. The number of rotatable bonds is 4. The lowest BCUT2D eigenvalue weighted by molar-refractivity contribution is -0.137. The van der Waals surface area contributed by atoms with Crippen molar-refractivity contribution in [1.29, 1.82) is 0 Å². The number of fused-ring (bicyclic) bond motifs is 1. The van der Waals surface area contributed by atoms with Gasteiger partial charge in [-0.2, -0.15) is 0 Å². The Kier molecular flexibility index (Phi) is 5.33. The zero-order valence-electron chi connectivity index (χ0n) is 13.3. The van der Waals surface area contributed by atoms with Gasteiger partial charge in [0.05, 0.1) is 6.61 Å².